The van der Waals surface area contributed by atoms with E-state index in [9.17, 15) is 16.8 Å². The molecule has 0 fully saturated rings. The first-order valence-corrected chi connectivity index (χ1v) is 7.50. The van der Waals surface area contributed by atoms with Gasteiger partial charge in [0.25, 0.3) is 10.1 Å². The molecular formula is C7H6ClN2O7S2+. The smallest absolute Gasteiger partial charge is 0.411 e. The molecular weight excluding hydrogens is 324 g/mol. The van der Waals surface area contributed by atoms with Crippen LogP contribution in [0.25, 0.3) is 4.98 Å². The Morgan fingerprint density at radius 3 is 2.11 bits per heavy atom. The molecule has 0 aromatic heterocycles. The molecule has 0 unspecified atom stereocenters. The molecule has 0 saturated heterocycles. The Morgan fingerprint density at radius 1 is 1.26 bits per heavy atom. The predicted molar refractivity (Wildman–Crippen MR) is 62.4 cm³/mol. The molecule has 1 rings (SSSR count). The van der Waals surface area contributed by atoms with Crippen molar-refractivity contribution in [3.8, 4) is 5.75 Å². The van der Waals surface area contributed by atoms with Crippen molar-refractivity contribution in [3.05, 3.63) is 16.1 Å². The first kappa shape index (κ1) is 15.6. The molecule has 1 aromatic carbocycles. The number of hydrogen-bond acceptors (Lipinski definition) is 6. The molecule has 19 heavy (non-hydrogen) atoms. The minimum Gasteiger partial charge on any atom is -0.493 e. The zero-order valence-electron chi connectivity index (χ0n) is 9.10. The average Bonchev–Trinajstić information content (AvgIpc) is 2.25. The number of hydrogen-bond donors (Lipinski definition) is 2. The van der Waals surface area contributed by atoms with Crippen LogP contribution in [0.4, 0.5) is 5.69 Å². The lowest BCUT2D eigenvalue weighted by molar-refractivity contribution is 0.396. The standard InChI is InChI=1S/C7H5ClN2O7S2/c1-17-6-5(8)4(18(11,12)13)2-3(10-9)7(6)19(14,15)16/h2H,1H3,(H-,11,12,13,14,15,16)/p+1. The molecule has 104 valence electrons. The summed E-state index contributed by atoms with van der Waals surface area (Å²) >= 11 is 5.57. The van der Waals surface area contributed by atoms with Gasteiger partial charge in [0.15, 0.2) is 10.7 Å². The van der Waals surface area contributed by atoms with Crippen molar-refractivity contribution in [3.63, 3.8) is 0 Å². The van der Waals surface area contributed by atoms with Crippen LogP contribution in [0.1, 0.15) is 0 Å². The molecule has 0 aliphatic carbocycles. The number of ether oxygens (including phenoxy) is 1. The first-order valence-electron chi connectivity index (χ1n) is 4.24. The Labute approximate surface area is 112 Å². The Kier molecular flexibility index (Phi) is 4.03. The topological polar surface area (TPSA) is 146 Å². The summed E-state index contributed by atoms with van der Waals surface area (Å²) < 4.78 is 66.8. The zero-order valence-corrected chi connectivity index (χ0v) is 11.5. The van der Waals surface area contributed by atoms with Crippen molar-refractivity contribution in [2.45, 2.75) is 9.79 Å². The number of methoxy groups -OCH3 is 1. The molecule has 0 heterocycles. The van der Waals surface area contributed by atoms with Crippen LogP contribution >= 0.6 is 11.6 Å². The molecule has 12 heteroatoms. The van der Waals surface area contributed by atoms with Gasteiger partial charge in [0.2, 0.25) is 10.3 Å². The maximum absolute atomic E-state index is 11.1. The lowest BCUT2D eigenvalue weighted by Gasteiger charge is -2.08. The minimum atomic E-state index is -4.91. The van der Waals surface area contributed by atoms with E-state index in [2.05, 4.69) is 9.71 Å². The van der Waals surface area contributed by atoms with E-state index in [0.717, 1.165) is 7.11 Å². The highest BCUT2D eigenvalue weighted by Gasteiger charge is 2.36. The molecule has 0 atom stereocenters. The lowest BCUT2D eigenvalue weighted by Crippen LogP contribution is -2.06. The maximum atomic E-state index is 11.1. The van der Waals surface area contributed by atoms with Crippen LogP contribution in [0.3, 0.4) is 0 Å². The van der Waals surface area contributed by atoms with E-state index in [1.54, 1.807) is 0 Å². The van der Waals surface area contributed by atoms with Crippen LogP contribution in [0.15, 0.2) is 15.9 Å². The van der Waals surface area contributed by atoms with Gasteiger partial charge in [-0.15, -0.1) is 0 Å². The molecule has 0 aliphatic heterocycles. The molecule has 0 amide bonds. The third kappa shape index (κ3) is 2.94. The van der Waals surface area contributed by atoms with Gasteiger partial charge in [0.1, 0.15) is 9.92 Å². The average molecular weight is 330 g/mol. The fourth-order valence-electron chi connectivity index (χ4n) is 1.27. The number of halogens is 1. The number of benzene rings is 1. The van der Waals surface area contributed by atoms with E-state index in [1.807, 2.05) is 0 Å². The summed E-state index contributed by atoms with van der Waals surface area (Å²) in [6, 6.07) is 0.462. The Bertz CT molecular complexity index is 779. The Balaban J connectivity index is 4.02. The van der Waals surface area contributed by atoms with Gasteiger partial charge in [-0.2, -0.15) is 16.8 Å². The van der Waals surface area contributed by atoms with Crippen molar-refractivity contribution >= 4 is 37.5 Å². The second-order valence-corrected chi connectivity index (χ2v) is 6.25. The van der Waals surface area contributed by atoms with Crippen molar-refractivity contribution in [1.29, 1.82) is 5.39 Å². The number of rotatable bonds is 3. The van der Waals surface area contributed by atoms with E-state index in [-0.39, 0.29) is 0 Å². The quantitative estimate of drug-likeness (QED) is 0.623. The van der Waals surface area contributed by atoms with Gasteiger partial charge in [0, 0.05) is 0 Å². The monoisotopic (exact) mass is 329 g/mol. The van der Waals surface area contributed by atoms with Crippen molar-refractivity contribution in [2.75, 3.05) is 7.11 Å². The van der Waals surface area contributed by atoms with Crippen molar-refractivity contribution < 1.29 is 30.7 Å². The molecule has 0 spiro atoms. The SMILES string of the molecule is COc1c(Cl)c(S(=O)(=O)O)cc([N+]#N)c1S(=O)(=O)O. The first-order chi connectivity index (χ1) is 8.54. The summed E-state index contributed by atoms with van der Waals surface area (Å²) in [7, 11) is -8.80. The second kappa shape index (κ2) is 4.91. The molecule has 0 aliphatic rings. The highest BCUT2D eigenvalue weighted by Crippen LogP contribution is 2.43. The van der Waals surface area contributed by atoms with Crippen LogP contribution in [0, 0.1) is 5.39 Å². The van der Waals surface area contributed by atoms with Crippen LogP contribution in [-0.2, 0) is 20.2 Å². The summed E-state index contributed by atoms with van der Waals surface area (Å²) in [5.74, 6) is -0.785. The molecule has 2 N–H and O–H groups in total. The van der Waals surface area contributed by atoms with Crippen LogP contribution in [0.5, 0.6) is 5.75 Å². The van der Waals surface area contributed by atoms with E-state index in [4.69, 9.17) is 26.1 Å². The normalized spacial score (nSPS) is 11.9. The van der Waals surface area contributed by atoms with Crippen LogP contribution in [-0.4, -0.2) is 33.1 Å². The third-order valence-electron chi connectivity index (χ3n) is 1.97. The highest BCUT2D eigenvalue weighted by molar-refractivity contribution is 7.86. The van der Waals surface area contributed by atoms with Gasteiger partial charge in [-0.1, -0.05) is 11.6 Å². The Hall–Kier alpha value is -1.45. The molecule has 1 aromatic rings. The molecule has 0 radical (unpaired) electrons. The Morgan fingerprint density at radius 2 is 1.79 bits per heavy atom. The maximum Gasteiger partial charge on any atom is 0.411 e. The summed E-state index contributed by atoms with van der Waals surface area (Å²) in [4.78, 5) is 0.536. The van der Waals surface area contributed by atoms with E-state index in [0.29, 0.717) is 6.07 Å². The molecule has 0 saturated carbocycles. The number of diazo groups is 1. The molecule has 9 nitrogen and oxygen atoms in total. The predicted octanol–water partition coefficient (Wildman–Crippen LogP) is 1.33. The summed E-state index contributed by atoms with van der Waals surface area (Å²) in [5.41, 5.74) is -0.864. The second-order valence-electron chi connectivity index (χ2n) is 3.12. The fourth-order valence-corrected chi connectivity index (χ4v) is 3.21. The van der Waals surface area contributed by atoms with Crippen molar-refractivity contribution in [1.82, 2.24) is 0 Å². The van der Waals surface area contributed by atoms with Gasteiger partial charge in [0.05, 0.1) is 13.2 Å². The van der Waals surface area contributed by atoms with E-state index < -0.39 is 46.5 Å². The van der Waals surface area contributed by atoms with Gasteiger partial charge >= 0.3 is 15.8 Å². The summed E-state index contributed by atoms with van der Waals surface area (Å²) in [6.07, 6.45) is 0. The fraction of sp³-hybridized carbons (Fsp3) is 0.143. The van der Waals surface area contributed by atoms with Gasteiger partial charge < -0.3 is 4.74 Å². The summed E-state index contributed by atoms with van der Waals surface area (Å²) in [5, 5.41) is 7.87. The van der Waals surface area contributed by atoms with Gasteiger partial charge in [-0.3, -0.25) is 9.11 Å². The minimum absolute atomic E-state index is 0.462. The third-order valence-corrected chi connectivity index (χ3v) is 4.25. The number of nitrogens with zero attached hydrogens (tertiary/aromatic N) is 2. The van der Waals surface area contributed by atoms with E-state index >= 15 is 0 Å². The highest BCUT2D eigenvalue weighted by atomic mass is 35.5. The van der Waals surface area contributed by atoms with Crippen LogP contribution < -0.4 is 4.74 Å². The lowest BCUT2D eigenvalue weighted by atomic mass is 10.3. The van der Waals surface area contributed by atoms with Gasteiger partial charge in [-0.25, -0.2) is 0 Å². The zero-order chi connectivity index (χ0) is 15.0. The largest absolute Gasteiger partial charge is 0.493 e. The van der Waals surface area contributed by atoms with Crippen LogP contribution in [0.2, 0.25) is 5.02 Å². The summed E-state index contributed by atoms with van der Waals surface area (Å²) in [6.45, 7) is 0. The van der Waals surface area contributed by atoms with Gasteiger partial charge in [-0.05, 0) is 0 Å². The van der Waals surface area contributed by atoms with E-state index in [1.165, 1.54) is 0 Å². The molecule has 0 bridgehead atoms. The van der Waals surface area contributed by atoms with Crippen molar-refractivity contribution in [2.24, 2.45) is 0 Å².